The van der Waals surface area contributed by atoms with Gasteiger partial charge in [-0.25, -0.2) is 22.0 Å². The molecule has 1 saturated heterocycles. The van der Waals surface area contributed by atoms with Crippen molar-refractivity contribution in [2.24, 2.45) is 5.14 Å². The van der Waals surface area contributed by atoms with Crippen molar-refractivity contribution in [2.45, 2.75) is 31.0 Å². The van der Waals surface area contributed by atoms with E-state index in [0.29, 0.717) is 18.8 Å². The fourth-order valence-electron chi connectivity index (χ4n) is 2.11. The number of nitrogens with two attached hydrogens (primary N) is 1. The molecule has 0 aromatic carbocycles. The summed E-state index contributed by atoms with van der Waals surface area (Å²) in [6.07, 6.45) is 0.436. The Morgan fingerprint density at radius 3 is 2.56 bits per heavy atom. The molecule has 2 rings (SSSR count). The van der Waals surface area contributed by atoms with Crippen LogP contribution >= 0.6 is 0 Å². The first-order valence-electron chi connectivity index (χ1n) is 5.41. The van der Waals surface area contributed by atoms with Gasteiger partial charge < -0.3 is 4.57 Å². The molecule has 1 aliphatic heterocycles. The zero-order valence-electron chi connectivity index (χ0n) is 9.77. The summed E-state index contributed by atoms with van der Waals surface area (Å²) in [4.78, 5) is 0. The Labute approximate surface area is 105 Å². The smallest absolute Gasteiger partial charge is 0.273 e. The van der Waals surface area contributed by atoms with Gasteiger partial charge in [0.2, 0.25) is 0 Å². The van der Waals surface area contributed by atoms with Gasteiger partial charge in [-0.3, -0.25) is 0 Å². The van der Waals surface area contributed by atoms with Crippen LogP contribution in [0.15, 0.2) is 5.16 Å². The van der Waals surface area contributed by atoms with Gasteiger partial charge in [0.15, 0.2) is 9.84 Å². The van der Waals surface area contributed by atoms with Crippen LogP contribution in [0.5, 0.6) is 0 Å². The molecule has 10 heteroatoms. The van der Waals surface area contributed by atoms with Gasteiger partial charge in [0.05, 0.1) is 11.5 Å². The Balaban J connectivity index is 2.45. The van der Waals surface area contributed by atoms with E-state index in [1.165, 1.54) is 4.57 Å². The average molecular weight is 294 g/mol. The molecule has 0 amide bonds. The largest absolute Gasteiger partial charge is 0.301 e. The highest BCUT2D eigenvalue weighted by Gasteiger charge is 2.34. The number of nitrogens with zero attached hydrogens (tertiary/aromatic N) is 3. The number of sulfonamides is 1. The summed E-state index contributed by atoms with van der Waals surface area (Å²) < 4.78 is 46.8. The first-order valence-corrected chi connectivity index (χ1v) is 8.77. The molecule has 1 atom stereocenters. The fraction of sp³-hybridized carbons (Fsp3) is 0.750. The lowest BCUT2D eigenvalue weighted by molar-refractivity contribution is 0.554. The van der Waals surface area contributed by atoms with E-state index < -0.39 is 19.9 Å². The predicted octanol–water partition coefficient (Wildman–Crippen LogP) is -1.15. The van der Waals surface area contributed by atoms with Crippen LogP contribution in [-0.2, 0) is 26.4 Å². The fourth-order valence-corrected chi connectivity index (χ4v) is 4.53. The van der Waals surface area contributed by atoms with Gasteiger partial charge in [-0.15, -0.1) is 10.2 Å². The highest BCUT2D eigenvalue weighted by atomic mass is 32.2. The number of primary sulfonamides is 1. The average Bonchev–Trinajstić information content (AvgIpc) is 2.79. The van der Waals surface area contributed by atoms with Crippen LogP contribution in [0.1, 0.15) is 25.1 Å². The minimum atomic E-state index is -3.94. The molecule has 1 aromatic rings. The third kappa shape index (κ3) is 2.40. The number of hydrogen-bond donors (Lipinski definition) is 1. The van der Waals surface area contributed by atoms with Gasteiger partial charge >= 0.3 is 0 Å². The minimum Gasteiger partial charge on any atom is -0.301 e. The molecule has 0 radical (unpaired) electrons. The van der Waals surface area contributed by atoms with Gasteiger partial charge in [0.25, 0.3) is 15.2 Å². The normalized spacial score (nSPS) is 23.3. The van der Waals surface area contributed by atoms with Crippen LogP contribution in [0.25, 0.3) is 0 Å². The van der Waals surface area contributed by atoms with E-state index in [1.54, 1.807) is 6.92 Å². The summed E-state index contributed by atoms with van der Waals surface area (Å²) in [7, 11) is -7.00. The lowest BCUT2D eigenvalue weighted by Gasteiger charge is -2.09. The second-order valence-corrected chi connectivity index (χ2v) is 7.91. The van der Waals surface area contributed by atoms with Crippen molar-refractivity contribution in [1.29, 1.82) is 0 Å². The maximum atomic E-state index is 11.4. The first-order chi connectivity index (χ1) is 8.24. The van der Waals surface area contributed by atoms with Crippen molar-refractivity contribution in [3.63, 3.8) is 0 Å². The molecular weight excluding hydrogens is 280 g/mol. The van der Waals surface area contributed by atoms with Gasteiger partial charge in [-0.1, -0.05) is 0 Å². The highest BCUT2D eigenvalue weighted by Crippen LogP contribution is 2.28. The molecule has 102 valence electrons. The number of sulfone groups is 1. The minimum absolute atomic E-state index is 0.0181. The van der Waals surface area contributed by atoms with Crippen LogP contribution in [0, 0.1) is 0 Å². The predicted molar refractivity (Wildman–Crippen MR) is 63.1 cm³/mol. The third-order valence-corrected chi connectivity index (χ3v) is 5.49. The Morgan fingerprint density at radius 2 is 2.11 bits per heavy atom. The monoisotopic (exact) mass is 294 g/mol. The molecule has 1 fully saturated rings. The highest BCUT2D eigenvalue weighted by molar-refractivity contribution is 7.91. The zero-order valence-corrected chi connectivity index (χ0v) is 11.4. The maximum Gasteiger partial charge on any atom is 0.273 e. The summed E-state index contributed by atoms with van der Waals surface area (Å²) in [5, 5.41) is 12.1. The Morgan fingerprint density at radius 1 is 1.44 bits per heavy atom. The molecule has 1 unspecified atom stereocenters. The van der Waals surface area contributed by atoms with Crippen molar-refractivity contribution in [2.75, 3.05) is 11.5 Å². The topological polar surface area (TPSA) is 125 Å². The van der Waals surface area contributed by atoms with Crippen molar-refractivity contribution >= 4 is 19.9 Å². The molecule has 0 spiro atoms. The number of hydrogen-bond acceptors (Lipinski definition) is 6. The second kappa shape index (κ2) is 4.28. The first kappa shape index (κ1) is 13.4. The van der Waals surface area contributed by atoms with Gasteiger partial charge in [0, 0.05) is 12.5 Å². The summed E-state index contributed by atoms with van der Waals surface area (Å²) in [6.45, 7) is 2.05. The van der Waals surface area contributed by atoms with Crippen molar-refractivity contribution < 1.29 is 16.8 Å². The standard InChI is InChI=1S/C8H14N4O4S2/c1-2-12-7(6-3-4-17(13,14)5-6)10-11-8(12)18(9,15)16/h6H,2-5H2,1H3,(H2,9,15,16). The number of rotatable bonds is 3. The molecule has 0 saturated carbocycles. The number of aromatic nitrogens is 3. The van der Waals surface area contributed by atoms with E-state index in [2.05, 4.69) is 10.2 Å². The van der Waals surface area contributed by atoms with Gasteiger partial charge in [-0.05, 0) is 13.3 Å². The molecule has 2 N–H and O–H groups in total. The zero-order chi connectivity index (χ0) is 13.6. The van der Waals surface area contributed by atoms with E-state index in [1.807, 2.05) is 0 Å². The van der Waals surface area contributed by atoms with Crippen molar-refractivity contribution in [1.82, 2.24) is 14.8 Å². The molecule has 8 nitrogen and oxygen atoms in total. The van der Waals surface area contributed by atoms with Crippen molar-refractivity contribution in [3.8, 4) is 0 Å². The summed E-state index contributed by atoms with van der Waals surface area (Å²) in [5.74, 6) is 0.148. The van der Waals surface area contributed by atoms with Crippen molar-refractivity contribution in [3.05, 3.63) is 5.82 Å². The maximum absolute atomic E-state index is 11.4. The Kier molecular flexibility index (Phi) is 3.19. The quantitative estimate of drug-likeness (QED) is 0.750. The molecule has 0 bridgehead atoms. The van der Waals surface area contributed by atoms with E-state index in [4.69, 9.17) is 5.14 Å². The van der Waals surface area contributed by atoms with Crippen LogP contribution in [0.4, 0.5) is 0 Å². The molecule has 1 aromatic heterocycles. The van der Waals surface area contributed by atoms with Gasteiger partial charge in [-0.2, -0.15) is 0 Å². The van der Waals surface area contributed by atoms with E-state index in [9.17, 15) is 16.8 Å². The summed E-state index contributed by atoms with van der Waals surface area (Å²) in [5.41, 5.74) is 0. The van der Waals surface area contributed by atoms with Crippen LogP contribution in [-0.4, -0.2) is 43.1 Å². The van der Waals surface area contributed by atoms with E-state index in [0.717, 1.165) is 0 Å². The third-order valence-electron chi connectivity index (χ3n) is 2.91. The van der Waals surface area contributed by atoms with Crippen LogP contribution < -0.4 is 5.14 Å². The van der Waals surface area contributed by atoms with Crippen LogP contribution in [0.2, 0.25) is 0 Å². The van der Waals surface area contributed by atoms with E-state index in [-0.39, 0.29) is 22.6 Å². The SMILES string of the molecule is CCn1c(C2CCS(=O)(=O)C2)nnc1S(N)(=O)=O. The molecule has 1 aliphatic rings. The molecule has 0 aliphatic carbocycles. The van der Waals surface area contributed by atoms with Gasteiger partial charge in [0.1, 0.15) is 5.82 Å². The lowest BCUT2D eigenvalue weighted by Crippen LogP contribution is -2.20. The Hall–Kier alpha value is -1.00. The second-order valence-electron chi connectivity index (χ2n) is 4.23. The molecule has 2 heterocycles. The summed E-state index contributed by atoms with van der Waals surface area (Å²) >= 11 is 0. The lowest BCUT2D eigenvalue weighted by atomic mass is 10.1. The molecule has 18 heavy (non-hydrogen) atoms. The Bertz CT molecular complexity index is 661. The van der Waals surface area contributed by atoms with Crippen LogP contribution in [0.3, 0.4) is 0 Å². The van der Waals surface area contributed by atoms with E-state index >= 15 is 0 Å². The summed E-state index contributed by atoms with van der Waals surface area (Å²) in [6, 6.07) is 0. The molecular formula is C8H14N4O4S2.